The number of benzene rings is 1. The van der Waals surface area contributed by atoms with E-state index >= 15 is 0 Å². The first kappa shape index (κ1) is 13.9. The van der Waals surface area contributed by atoms with Crippen molar-refractivity contribution in [2.75, 3.05) is 0 Å². The molecule has 0 heterocycles. The summed E-state index contributed by atoms with van der Waals surface area (Å²) >= 11 is 0. The average molecular weight is 262 g/mol. The van der Waals surface area contributed by atoms with Gasteiger partial charge in [-0.1, -0.05) is 30.3 Å². The van der Waals surface area contributed by atoms with Gasteiger partial charge >= 0.3 is 6.09 Å². The molecule has 0 saturated heterocycles. The van der Waals surface area contributed by atoms with Crippen LogP contribution < -0.4 is 11.1 Å². The summed E-state index contributed by atoms with van der Waals surface area (Å²) in [6, 6.07) is 10.0. The van der Waals surface area contributed by atoms with E-state index < -0.39 is 5.60 Å². The maximum absolute atomic E-state index is 11.9. The predicted molar refractivity (Wildman–Crippen MR) is 74.6 cm³/mol. The third kappa shape index (κ3) is 3.96. The Labute approximate surface area is 114 Å². The highest BCUT2D eigenvalue weighted by molar-refractivity contribution is 5.68. The van der Waals surface area contributed by atoms with E-state index in [0.717, 1.165) is 12.0 Å². The smallest absolute Gasteiger partial charge is 0.408 e. The molecule has 0 radical (unpaired) electrons. The lowest BCUT2D eigenvalue weighted by molar-refractivity contribution is 0.0496. The minimum Gasteiger partial charge on any atom is -0.444 e. The van der Waals surface area contributed by atoms with Gasteiger partial charge in [0.15, 0.2) is 0 Å². The van der Waals surface area contributed by atoms with Gasteiger partial charge in [-0.15, -0.1) is 0 Å². The predicted octanol–water partition coefficient (Wildman–Crippen LogP) is 2.60. The SMILES string of the molecule is CC(C)(C)OC(=O)NC(c1ccccc1)[C@@H]1C[C@H]1N. The summed E-state index contributed by atoms with van der Waals surface area (Å²) in [7, 11) is 0. The van der Waals surface area contributed by atoms with Crippen LogP contribution in [0.4, 0.5) is 4.79 Å². The van der Waals surface area contributed by atoms with Crippen LogP contribution in [0.1, 0.15) is 38.8 Å². The number of rotatable bonds is 3. The summed E-state index contributed by atoms with van der Waals surface area (Å²) in [4.78, 5) is 11.9. The second-order valence-corrected chi connectivity index (χ2v) is 6.10. The third-order valence-corrected chi connectivity index (χ3v) is 3.15. The van der Waals surface area contributed by atoms with Crippen molar-refractivity contribution in [1.29, 1.82) is 0 Å². The molecule has 1 aliphatic rings. The van der Waals surface area contributed by atoms with Gasteiger partial charge in [0.1, 0.15) is 5.60 Å². The van der Waals surface area contributed by atoms with Crippen LogP contribution in [0.15, 0.2) is 30.3 Å². The second-order valence-electron chi connectivity index (χ2n) is 6.10. The minimum atomic E-state index is -0.489. The summed E-state index contributed by atoms with van der Waals surface area (Å²) in [5.41, 5.74) is 6.50. The third-order valence-electron chi connectivity index (χ3n) is 3.15. The van der Waals surface area contributed by atoms with Crippen molar-refractivity contribution in [3.05, 3.63) is 35.9 Å². The van der Waals surface area contributed by atoms with Crippen LogP contribution in [0.2, 0.25) is 0 Å². The Morgan fingerprint density at radius 1 is 1.37 bits per heavy atom. The fraction of sp³-hybridized carbons (Fsp3) is 0.533. The summed E-state index contributed by atoms with van der Waals surface area (Å²) < 4.78 is 5.31. The Balaban J connectivity index is 2.06. The average Bonchev–Trinajstić information content (AvgIpc) is 3.02. The molecule has 3 atom stereocenters. The van der Waals surface area contributed by atoms with Crippen LogP contribution in [0.5, 0.6) is 0 Å². The molecule has 104 valence electrons. The molecule has 1 aromatic rings. The fourth-order valence-corrected chi connectivity index (χ4v) is 2.15. The summed E-state index contributed by atoms with van der Waals surface area (Å²) in [5, 5.41) is 2.94. The van der Waals surface area contributed by atoms with E-state index in [4.69, 9.17) is 10.5 Å². The number of hydrogen-bond acceptors (Lipinski definition) is 3. The van der Waals surface area contributed by atoms with Crippen LogP contribution in [0.3, 0.4) is 0 Å². The van der Waals surface area contributed by atoms with Crippen molar-refractivity contribution in [3.63, 3.8) is 0 Å². The molecule has 0 bridgehead atoms. The van der Waals surface area contributed by atoms with Crippen molar-refractivity contribution in [3.8, 4) is 0 Å². The summed E-state index contributed by atoms with van der Waals surface area (Å²) in [6.45, 7) is 5.56. The lowest BCUT2D eigenvalue weighted by Gasteiger charge is -2.24. The number of nitrogens with two attached hydrogens (primary N) is 1. The lowest BCUT2D eigenvalue weighted by Crippen LogP contribution is -2.36. The highest BCUT2D eigenvalue weighted by Crippen LogP contribution is 2.40. The zero-order valence-corrected chi connectivity index (χ0v) is 11.7. The van der Waals surface area contributed by atoms with Crippen molar-refractivity contribution >= 4 is 6.09 Å². The normalized spacial score (nSPS) is 23.6. The molecule has 4 nitrogen and oxygen atoms in total. The Morgan fingerprint density at radius 3 is 2.42 bits per heavy atom. The molecule has 1 amide bonds. The largest absolute Gasteiger partial charge is 0.444 e. The number of carbonyl (C=O) groups excluding carboxylic acids is 1. The van der Waals surface area contributed by atoms with Gasteiger partial charge in [0.25, 0.3) is 0 Å². The van der Waals surface area contributed by atoms with Gasteiger partial charge < -0.3 is 15.8 Å². The Hall–Kier alpha value is -1.55. The Bertz CT molecular complexity index is 439. The molecule has 0 spiro atoms. The zero-order valence-electron chi connectivity index (χ0n) is 11.7. The number of ether oxygens (including phenoxy) is 1. The Morgan fingerprint density at radius 2 is 1.95 bits per heavy atom. The molecule has 1 saturated carbocycles. The van der Waals surface area contributed by atoms with Crippen LogP contribution in [-0.2, 0) is 4.74 Å². The Kier molecular flexibility index (Phi) is 3.80. The number of hydrogen-bond donors (Lipinski definition) is 2. The van der Waals surface area contributed by atoms with Gasteiger partial charge in [0.05, 0.1) is 6.04 Å². The van der Waals surface area contributed by atoms with Crippen LogP contribution in [0.25, 0.3) is 0 Å². The van der Waals surface area contributed by atoms with Crippen LogP contribution in [0, 0.1) is 5.92 Å². The van der Waals surface area contributed by atoms with Crippen molar-refractivity contribution < 1.29 is 9.53 Å². The molecule has 1 unspecified atom stereocenters. The van der Waals surface area contributed by atoms with E-state index in [-0.39, 0.29) is 18.2 Å². The topological polar surface area (TPSA) is 64.3 Å². The molecule has 0 aromatic heterocycles. The van der Waals surface area contributed by atoms with Gasteiger partial charge in [0, 0.05) is 12.0 Å². The maximum atomic E-state index is 11.9. The molecule has 3 N–H and O–H groups in total. The van der Waals surface area contributed by atoms with Gasteiger partial charge in [-0.3, -0.25) is 0 Å². The molecular formula is C15H22N2O2. The van der Waals surface area contributed by atoms with E-state index in [9.17, 15) is 4.79 Å². The number of amides is 1. The van der Waals surface area contributed by atoms with Gasteiger partial charge in [0.2, 0.25) is 0 Å². The molecule has 1 fully saturated rings. The van der Waals surface area contributed by atoms with E-state index in [1.165, 1.54) is 0 Å². The van der Waals surface area contributed by atoms with E-state index in [1.54, 1.807) is 0 Å². The van der Waals surface area contributed by atoms with Gasteiger partial charge in [-0.2, -0.15) is 0 Å². The summed E-state index contributed by atoms with van der Waals surface area (Å²) in [5.74, 6) is 0.301. The van der Waals surface area contributed by atoms with Gasteiger partial charge in [-0.25, -0.2) is 4.79 Å². The molecule has 0 aliphatic heterocycles. The number of carbonyl (C=O) groups is 1. The standard InChI is InChI=1S/C15H22N2O2/c1-15(2,3)19-14(18)17-13(11-9-12(11)16)10-7-5-4-6-8-10/h4-8,11-13H,9,16H2,1-3H3,(H,17,18)/t11-,12-,13?/m1/s1. The quantitative estimate of drug-likeness (QED) is 0.880. The second kappa shape index (κ2) is 5.21. The molecule has 19 heavy (non-hydrogen) atoms. The summed E-state index contributed by atoms with van der Waals surface area (Å²) in [6.07, 6.45) is 0.551. The highest BCUT2D eigenvalue weighted by atomic mass is 16.6. The maximum Gasteiger partial charge on any atom is 0.408 e. The molecule has 1 aromatic carbocycles. The number of nitrogens with one attached hydrogen (secondary N) is 1. The van der Waals surface area contributed by atoms with Gasteiger partial charge in [-0.05, 0) is 32.8 Å². The first-order chi connectivity index (χ1) is 8.87. The first-order valence-corrected chi connectivity index (χ1v) is 6.67. The molecule has 4 heteroatoms. The fourth-order valence-electron chi connectivity index (χ4n) is 2.15. The van der Waals surface area contributed by atoms with E-state index in [0.29, 0.717) is 5.92 Å². The van der Waals surface area contributed by atoms with Crippen LogP contribution >= 0.6 is 0 Å². The molecule has 1 aliphatic carbocycles. The monoisotopic (exact) mass is 262 g/mol. The van der Waals surface area contributed by atoms with Crippen LogP contribution in [-0.4, -0.2) is 17.7 Å². The van der Waals surface area contributed by atoms with E-state index in [1.807, 2.05) is 51.1 Å². The van der Waals surface area contributed by atoms with Crippen molar-refractivity contribution in [2.45, 2.75) is 44.9 Å². The molecular weight excluding hydrogens is 240 g/mol. The zero-order chi connectivity index (χ0) is 14.0. The molecule has 2 rings (SSSR count). The van der Waals surface area contributed by atoms with E-state index in [2.05, 4.69) is 5.32 Å². The minimum absolute atomic E-state index is 0.0638. The van der Waals surface area contributed by atoms with Crippen molar-refractivity contribution in [2.24, 2.45) is 11.7 Å². The lowest BCUT2D eigenvalue weighted by atomic mass is 10.0. The van der Waals surface area contributed by atoms with Crippen molar-refractivity contribution in [1.82, 2.24) is 5.32 Å². The first-order valence-electron chi connectivity index (χ1n) is 6.67. The number of alkyl carbamates (subject to hydrolysis) is 1. The highest BCUT2D eigenvalue weighted by Gasteiger charge is 2.42.